The second-order valence-electron chi connectivity index (χ2n) is 26.1. The van der Waals surface area contributed by atoms with E-state index in [1.54, 1.807) is 90.9 Å². The van der Waals surface area contributed by atoms with Crippen LogP contribution in [-0.2, 0) is 94.6 Å². The van der Waals surface area contributed by atoms with Crippen molar-refractivity contribution in [1.29, 1.82) is 0 Å². The molecule has 0 fully saturated rings. The summed E-state index contributed by atoms with van der Waals surface area (Å²) in [5, 5.41) is 36.1. The molecule has 0 amide bonds. The lowest BCUT2D eigenvalue weighted by molar-refractivity contribution is 0.132. The predicted octanol–water partition coefficient (Wildman–Crippen LogP) is 9.14. The van der Waals surface area contributed by atoms with Gasteiger partial charge in [0.1, 0.15) is 20.2 Å². The van der Waals surface area contributed by atoms with Crippen molar-refractivity contribution in [3.05, 3.63) is 254 Å². The normalized spacial score (nSPS) is 11.0. The van der Waals surface area contributed by atoms with Crippen LogP contribution in [0.1, 0.15) is 42.9 Å². The number of hydrogen-bond donors (Lipinski definition) is 10. The zero-order chi connectivity index (χ0) is 94.1. The van der Waals surface area contributed by atoms with Crippen LogP contribution in [0.3, 0.4) is 0 Å². The third-order valence-electron chi connectivity index (χ3n) is 17.6. The second kappa shape index (κ2) is 49.1. The maximum Gasteiger partial charge on any atom is 0.332 e. The van der Waals surface area contributed by atoms with Crippen molar-refractivity contribution >= 4 is 224 Å². The Balaban J connectivity index is 0.000000211. The lowest BCUT2D eigenvalue weighted by Gasteiger charge is -2.11. The number of aryl methyl sites for hydroxylation is 5. The molecule has 0 aliphatic carbocycles. The number of H-pyrrole nitrogens is 4. The molecular formula is C74H82Br4Cl8FN23O16. The minimum absolute atomic E-state index is 0.0203. The van der Waals surface area contributed by atoms with Gasteiger partial charge < -0.3 is 55.9 Å². The van der Waals surface area contributed by atoms with E-state index in [0.717, 1.165) is 31.0 Å². The quantitative estimate of drug-likeness (QED) is 0.0162. The van der Waals surface area contributed by atoms with E-state index in [1.807, 2.05) is 12.1 Å². The van der Waals surface area contributed by atoms with Gasteiger partial charge in [0.2, 0.25) is 11.9 Å². The van der Waals surface area contributed by atoms with Gasteiger partial charge >= 0.3 is 28.4 Å². The maximum atomic E-state index is 13.2. The number of aliphatic hydroxyl groups is 3. The highest BCUT2D eigenvalue weighted by atomic mass is 79.9. The third-order valence-corrected chi connectivity index (χ3v) is 22.8. The van der Waals surface area contributed by atoms with E-state index in [1.165, 1.54) is 62.8 Å². The molecule has 680 valence electrons. The summed E-state index contributed by atoms with van der Waals surface area (Å²) in [6.45, 7) is 2.34. The Morgan fingerprint density at radius 3 is 1.22 bits per heavy atom. The SMILES string of the molecule is COCn1c(Br)nc2c1c(=O)[nH]c(=O)n2C.COCn1c(Br)nc2c1c(=O)n(Cc1ccc(Cl)c(Cl)c1)c(=O)n2C.COCn1c(NCCCO)nc2c1c(=O)n(Cc1ccc(Cl)c(Cl)c1)c(=O)n2C.Clc1ccc(CBr)cc1Cl.Cn1c(=O)[nH]c(=O)c2[nH]c(Br)nc21.Cn1c(=O)n(Cc2ccc(Cl)c(Cl)c2)c(=O)c2[nH]c(NCCCO)nc21.NCCCO.[2H]CF. The lowest BCUT2D eigenvalue weighted by atomic mass is 10.2. The van der Waals surface area contributed by atoms with Gasteiger partial charge in [0.15, 0.2) is 70.0 Å². The summed E-state index contributed by atoms with van der Waals surface area (Å²) >= 11 is 60.2. The number of nitrogens with zero attached hydrogens (tertiary/aromatic N) is 16. The highest BCUT2D eigenvalue weighted by molar-refractivity contribution is 9.11. The molecule has 0 spiro atoms. The molecule has 0 saturated carbocycles. The maximum absolute atomic E-state index is 13.2. The summed E-state index contributed by atoms with van der Waals surface area (Å²) in [6.07, 6.45) is 1.77. The number of halogens is 13. The van der Waals surface area contributed by atoms with Crippen molar-refractivity contribution in [2.45, 2.75) is 64.4 Å². The van der Waals surface area contributed by atoms with Crippen LogP contribution in [-0.4, -0.2) is 178 Å². The fourth-order valence-electron chi connectivity index (χ4n) is 11.4. The molecule has 39 nitrogen and oxygen atoms in total. The minimum atomic E-state index is -1.00. The van der Waals surface area contributed by atoms with E-state index >= 15 is 0 Å². The van der Waals surface area contributed by atoms with Crippen LogP contribution in [0.5, 0.6) is 0 Å². The number of aliphatic hydroxyl groups excluding tert-OH is 3. The van der Waals surface area contributed by atoms with E-state index < -0.39 is 63.4 Å². The topological polar surface area (TPSA) is 491 Å². The van der Waals surface area contributed by atoms with Crippen LogP contribution in [0.4, 0.5) is 16.3 Å². The minimum Gasteiger partial charge on any atom is -0.396 e. The van der Waals surface area contributed by atoms with E-state index in [4.69, 9.17) is 129 Å². The number of hydrogen-bond acceptors (Lipinski definition) is 24. The summed E-state index contributed by atoms with van der Waals surface area (Å²) in [7, 11) is 11.3. The fraction of sp³-hybridized carbons (Fsp3) is 0.338. The van der Waals surface area contributed by atoms with Gasteiger partial charge in [-0.05, 0) is 144 Å². The number of anilines is 2. The van der Waals surface area contributed by atoms with E-state index in [0.29, 0.717) is 132 Å². The van der Waals surface area contributed by atoms with Crippen molar-refractivity contribution in [1.82, 2.24) is 95.1 Å². The monoisotopic (exact) mass is 2160 g/mol. The Kier molecular flexibility index (Phi) is 39.9. The molecule has 10 aromatic heterocycles. The van der Waals surface area contributed by atoms with Gasteiger partial charge in [-0.25, -0.2) is 38.9 Å². The van der Waals surface area contributed by atoms with Gasteiger partial charge in [-0.2, -0.15) is 9.97 Å². The molecule has 4 aromatic carbocycles. The first-order valence-corrected chi connectivity index (χ1v) is 43.0. The number of fused-ring (bicyclic) bond motifs is 5. The van der Waals surface area contributed by atoms with Gasteiger partial charge in [0.25, 0.3) is 27.8 Å². The van der Waals surface area contributed by atoms with E-state index in [-0.39, 0.29) is 98.7 Å². The zero-order valence-corrected chi connectivity index (χ0v) is 80.1. The van der Waals surface area contributed by atoms with E-state index in [2.05, 4.69) is 119 Å². The van der Waals surface area contributed by atoms with Crippen LogP contribution in [0.2, 0.25) is 40.2 Å². The van der Waals surface area contributed by atoms with Crippen molar-refractivity contribution in [3.8, 4) is 0 Å². The average Bonchev–Trinajstić information content (AvgIpc) is 1.64. The number of methoxy groups -OCH3 is 3. The highest BCUT2D eigenvalue weighted by Crippen LogP contribution is 2.28. The molecule has 126 heavy (non-hydrogen) atoms. The molecule has 14 rings (SSSR count). The Hall–Kier alpha value is -8.88. The first-order valence-electron chi connectivity index (χ1n) is 37.2. The molecule has 0 saturated heterocycles. The number of imidazole rings is 5. The summed E-state index contributed by atoms with van der Waals surface area (Å²) in [6, 6.07) is 20.4. The van der Waals surface area contributed by atoms with E-state index in [9.17, 15) is 52.3 Å². The van der Waals surface area contributed by atoms with Gasteiger partial charge in [0.05, 0.1) is 68.3 Å². The second-order valence-corrected chi connectivity index (χ2v) is 32.1. The first-order chi connectivity index (χ1) is 60.4. The lowest BCUT2D eigenvalue weighted by Crippen LogP contribution is -2.40. The van der Waals surface area contributed by atoms with Crippen LogP contribution in [0.25, 0.3) is 55.8 Å². The summed E-state index contributed by atoms with van der Waals surface area (Å²) < 4.78 is 46.6. The van der Waals surface area contributed by atoms with Gasteiger partial charge in [-0.3, -0.25) is 88.6 Å². The molecule has 0 bridgehead atoms. The standard InChI is InChI=1S/C18H21Cl2N5O4.C16H17Cl2N5O3.C15H13BrCl2N4O3.C8H9BrN4O3.C7H5BrCl2.C6H5BrN4O2.C3H9NO.CH3F/c1-23-15-14(25(10-29-2)17(22-15)21-6-3-7-26)16(27)24(18(23)28)9-11-4-5-12(19)13(20)8-11;1-22-13-12(20-15(21-13)19-5-2-6-24)14(25)23(16(22)26)8-9-3-4-10(17)11(18)7-9;1-20-12-11(22(7-25-2)14(16)19-12)13(23)21(15(20)24)6-8-3-4-9(17)10(18)5-8;1-12-5-4(6(14)11-8(12)15)13(3-16-2)7(9)10-5;8-4-5-1-2-6(9)7(10)3-5;1-11-3-2(8-5(7)9-3)4(12)10-6(11)13;4-2-1-3-5;1-2/h4-5,8,26H,3,6-7,9-10H2,1-2H3,(H,21,22);3-4,7,24H,2,5-6,8H2,1H3,(H2,19,20,21);3-5H,6-7H2,1-2H3;3H2,1-2H3,(H,11,14,15);1-3H,4H2;1H3,(H,8,9)(H,10,12,13);5H,1-4H2;1H3/i;;;;;;;1D. The predicted molar refractivity (Wildman–Crippen MR) is 500 cm³/mol. The van der Waals surface area contributed by atoms with Crippen molar-refractivity contribution in [2.24, 2.45) is 41.0 Å². The fourth-order valence-corrected chi connectivity index (χ4v) is 14.3. The molecule has 0 radical (unpaired) electrons. The molecule has 14 aromatic rings. The van der Waals surface area contributed by atoms with Gasteiger partial charge in [-0.15, -0.1) is 0 Å². The number of aromatic nitrogens is 20. The summed E-state index contributed by atoms with van der Waals surface area (Å²) in [4.78, 5) is 153. The van der Waals surface area contributed by atoms with Crippen LogP contribution in [0.15, 0.2) is 135 Å². The number of aromatic amines is 4. The van der Waals surface area contributed by atoms with Crippen LogP contribution >= 0.6 is 157 Å². The highest BCUT2D eigenvalue weighted by Gasteiger charge is 2.24. The smallest absolute Gasteiger partial charge is 0.332 e. The number of alkyl halides is 2. The number of rotatable bonds is 23. The molecule has 0 unspecified atom stereocenters. The number of nitrogens with two attached hydrogens (primary N) is 1. The Morgan fingerprint density at radius 2 is 0.802 bits per heavy atom. The molecule has 52 heteroatoms. The number of benzene rings is 4. The largest absolute Gasteiger partial charge is 0.396 e. The number of nitrogens with one attached hydrogen (secondary N) is 6. The molecule has 10 heterocycles. The summed E-state index contributed by atoms with van der Waals surface area (Å²) in [5.74, 6) is 0.752. The Labute approximate surface area is 785 Å². The zero-order valence-electron chi connectivity index (χ0n) is 68.7. The van der Waals surface area contributed by atoms with Gasteiger partial charge in [-0.1, -0.05) is 133 Å². The Bertz CT molecular complexity index is 6880. The molecule has 0 aliphatic rings. The van der Waals surface area contributed by atoms with Gasteiger partial charge in [0, 0.05) is 94.8 Å². The molecular weight excluding hydrogens is 2090 g/mol. The average molecular weight is 2170 g/mol. The van der Waals surface area contributed by atoms with Crippen molar-refractivity contribution in [2.75, 3.05) is 78.6 Å². The Morgan fingerprint density at radius 1 is 0.437 bits per heavy atom. The molecule has 0 aliphatic heterocycles. The summed E-state index contributed by atoms with van der Waals surface area (Å²) in [5.41, 5.74) is 6.10. The first kappa shape index (κ1) is 103. The molecule has 0 atom stereocenters. The van der Waals surface area contributed by atoms with Crippen molar-refractivity contribution < 1.29 is 35.3 Å². The van der Waals surface area contributed by atoms with Crippen LogP contribution in [0, 0.1) is 0 Å². The number of ether oxygens (including phenoxy) is 3. The third kappa shape index (κ3) is 25.6. The van der Waals surface area contributed by atoms with Crippen molar-refractivity contribution in [3.63, 3.8) is 0 Å². The molecule has 11 N–H and O–H groups in total. The van der Waals surface area contributed by atoms with Crippen LogP contribution < -0.4 is 72.6 Å².